The molecule has 1 aromatic heterocycles. The molecule has 0 spiro atoms. The van der Waals surface area contributed by atoms with E-state index >= 15 is 0 Å². The van der Waals surface area contributed by atoms with Gasteiger partial charge in [0, 0.05) is 11.8 Å². The van der Waals surface area contributed by atoms with E-state index in [0.29, 0.717) is 16.7 Å². The van der Waals surface area contributed by atoms with E-state index < -0.39 is 0 Å². The first kappa shape index (κ1) is 16.0. The fourth-order valence-electron chi connectivity index (χ4n) is 2.92. The number of fused-ring (bicyclic) bond motifs is 1. The summed E-state index contributed by atoms with van der Waals surface area (Å²) in [6, 6.07) is 25.4. The van der Waals surface area contributed by atoms with E-state index in [2.05, 4.69) is 0 Å². The van der Waals surface area contributed by atoms with Gasteiger partial charge < -0.3 is 0 Å². The Hall–Kier alpha value is -3.46. The molecule has 1 heterocycles. The molecule has 4 rings (SSSR count). The zero-order valence-electron chi connectivity index (χ0n) is 14.5. The van der Waals surface area contributed by atoms with Crippen molar-refractivity contribution in [3.63, 3.8) is 0 Å². The second-order valence-electron chi connectivity index (χ2n) is 6.22. The largest absolute Gasteiger partial charge is 0.268 e. The smallest absolute Gasteiger partial charge is 0.265 e. The maximum atomic E-state index is 13.1. The zero-order chi connectivity index (χ0) is 17.9. The lowest BCUT2D eigenvalue weighted by Crippen LogP contribution is -2.19. The highest BCUT2D eigenvalue weighted by molar-refractivity contribution is 5.81. The van der Waals surface area contributed by atoms with Crippen LogP contribution in [0.25, 0.3) is 34.6 Å². The Bertz CT molecular complexity index is 1140. The molecule has 0 radical (unpaired) electrons. The SMILES string of the molecule is Cc1ccc(-c2nc3ccccc3c(=O)n2C=Cc2ccccc2)cc1. The van der Waals surface area contributed by atoms with E-state index in [1.807, 2.05) is 91.9 Å². The van der Waals surface area contributed by atoms with Crippen molar-refractivity contribution in [1.29, 1.82) is 0 Å². The molecule has 0 aliphatic rings. The molecule has 0 fully saturated rings. The van der Waals surface area contributed by atoms with Crippen LogP contribution in [-0.2, 0) is 0 Å². The highest BCUT2D eigenvalue weighted by atomic mass is 16.1. The molecular formula is C23H18N2O. The van der Waals surface area contributed by atoms with Gasteiger partial charge in [-0.1, -0.05) is 72.3 Å². The maximum absolute atomic E-state index is 13.1. The summed E-state index contributed by atoms with van der Waals surface area (Å²) >= 11 is 0. The minimum Gasteiger partial charge on any atom is -0.268 e. The van der Waals surface area contributed by atoms with E-state index in [1.165, 1.54) is 5.56 Å². The van der Waals surface area contributed by atoms with Gasteiger partial charge in [0.1, 0.15) is 5.82 Å². The van der Waals surface area contributed by atoms with Crippen LogP contribution >= 0.6 is 0 Å². The van der Waals surface area contributed by atoms with Crippen molar-refractivity contribution < 1.29 is 0 Å². The van der Waals surface area contributed by atoms with Gasteiger partial charge in [0.2, 0.25) is 0 Å². The summed E-state index contributed by atoms with van der Waals surface area (Å²) in [4.78, 5) is 17.8. The third-order valence-corrected chi connectivity index (χ3v) is 4.33. The molecule has 0 saturated carbocycles. The van der Waals surface area contributed by atoms with Gasteiger partial charge in [0.05, 0.1) is 10.9 Å². The second-order valence-corrected chi connectivity index (χ2v) is 6.22. The van der Waals surface area contributed by atoms with Crippen LogP contribution in [0.5, 0.6) is 0 Å². The number of benzene rings is 3. The summed E-state index contributed by atoms with van der Waals surface area (Å²) in [6.45, 7) is 2.04. The first-order valence-corrected chi connectivity index (χ1v) is 8.54. The molecule has 0 unspecified atom stereocenters. The molecule has 0 aliphatic heterocycles. The van der Waals surface area contributed by atoms with E-state index in [0.717, 1.165) is 11.1 Å². The molecule has 126 valence electrons. The molecule has 0 saturated heterocycles. The fourth-order valence-corrected chi connectivity index (χ4v) is 2.92. The molecule has 0 bridgehead atoms. The summed E-state index contributed by atoms with van der Waals surface area (Å²) in [5, 5.41) is 0.612. The third kappa shape index (κ3) is 3.07. The minimum atomic E-state index is -0.0710. The van der Waals surface area contributed by atoms with Crippen LogP contribution in [0.1, 0.15) is 11.1 Å². The van der Waals surface area contributed by atoms with Gasteiger partial charge in [-0.2, -0.15) is 0 Å². The number of hydrogen-bond acceptors (Lipinski definition) is 2. The summed E-state index contributed by atoms with van der Waals surface area (Å²) in [5.41, 5.74) is 3.75. The van der Waals surface area contributed by atoms with Crippen LogP contribution in [0.2, 0.25) is 0 Å². The summed E-state index contributed by atoms with van der Waals surface area (Å²) in [5.74, 6) is 0.640. The normalized spacial score (nSPS) is 11.3. The predicted octanol–water partition coefficient (Wildman–Crippen LogP) is 5.00. The van der Waals surface area contributed by atoms with Crippen molar-refractivity contribution in [2.45, 2.75) is 6.92 Å². The zero-order valence-corrected chi connectivity index (χ0v) is 14.5. The number of hydrogen-bond donors (Lipinski definition) is 0. The third-order valence-electron chi connectivity index (χ3n) is 4.33. The molecule has 26 heavy (non-hydrogen) atoms. The van der Waals surface area contributed by atoms with Gasteiger partial charge in [0.25, 0.3) is 5.56 Å². The van der Waals surface area contributed by atoms with Gasteiger partial charge in [-0.3, -0.25) is 9.36 Å². The van der Waals surface area contributed by atoms with Crippen LogP contribution in [0.15, 0.2) is 83.7 Å². The van der Waals surface area contributed by atoms with Crippen molar-refractivity contribution in [1.82, 2.24) is 9.55 Å². The van der Waals surface area contributed by atoms with Gasteiger partial charge in [-0.25, -0.2) is 4.98 Å². The quantitative estimate of drug-likeness (QED) is 0.527. The van der Waals surface area contributed by atoms with Crippen molar-refractivity contribution in [3.8, 4) is 11.4 Å². The first-order valence-electron chi connectivity index (χ1n) is 8.54. The lowest BCUT2D eigenvalue weighted by atomic mass is 10.1. The van der Waals surface area contributed by atoms with Gasteiger partial charge >= 0.3 is 0 Å². The topological polar surface area (TPSA) is 34.9 Å². The average Bonchev–Trinajstić information content (AvgIpc) is 2.69. The number of nitrogens with zero attached hydrogens (tertiary/aromatic N) is 2. The Morgan fingerprint density at radius 1 is 0.846 bits per heavy atom. The van der Waals surface area contributed by atoms with Gasteiger partial charge in [-0.15, -0.1) is 0 Å². The lowest BCUT2D eigenvalue weighted by Gasteiger charge is -2.10. The molecule has 0 N–H and O–H groups in total. The molecular weight excluding hydrogens is 320 g/mol. The molecule has 0 amide bonds. The van der Waals surface area contributed by atoms with Gasteiger partial charge in [0.15, 0.2) is 0 Å². The molecule has 3 nitrogen and oxygen atoms in total. The van der Waals surface area contributed by atoms with E-state index in [1.54, 1.807) is 10.8 Å². The molecule has 3 heteroatoms. The maximum Gasteiger partial charge on any atom is 0.265 e. The molecule has 4 aromatic rings. The van der Waals surface area contributed by atoms with Crippen LogP contribution in [0, 0.1) is 6.92 Å². The summed E-state index contributed by atoms with van der Waals surface area (Å²) in [6.07, 6.45) is 3.72. The van der Waals surface area contributed by atoms with Crippen molar-refractivity contribution in [2.75, 3.05) is 0 Å². The standard InChI is InChI=1S/C23H18N2O/c1-17-11-13-19(14-12-17)22-24-21-10-6-5-9-20(21)23(26)25(22)16-15-18-7-3-2-4-8-18/h2-16H,1H3. The van der Waals surface area contributed by atoms with Gasteiger partial charge in [-0.05, 0) is 30.7 Å². The molecule has 0 aliphatic carbocycles. The van der Waals surface area contributed by atoms with Crippen LogP contribution < -0.4 is 5.56 Å². The predicted molar refractivity (Wildman–Crippen MR) is 108 cm³/mol. The Morgan fingerprint density at radius 2 is 1.54 bits per heavy atom. The van der Waals surface area contributed by atoms with Crippen LogP contribution in [0.4, 0.5) is 0 Å². The Balaban J connectivity index is 1.95. The second kappa shape index (κ2) is 6.81. The van der Waals surface area contributed by atoms with Crippen molar-refractivity contribution in [2.24, 2.45) is 0 Å². The highest BCUT2D eigenvalue weighted by Crippen LogP contribution is 2.20. The van der Waals surface area contributed by atoms with Crippen molar-refractivity contribution >= 4 is 23.2 Å². The summed E-state index contributed by atoms with van der Waals surface area (Å²) in [7, 11) is 0. The number of rotatable bonds is 3. The lowest BCUT2D eigenvalue weighted by molar-refractivity contribution is 1.04. The monoisotopic (exact) mass is 338 g/mol. The molecule has 0 atom stereocenters. The number of aryl methyl sites for hydroxylation is 1. The Labute approximate surface area is 151 Å². The highest BCUT2D eigenvalue weighted by Gasteiger charge is 2.11. The van der Waals surface area contributed by atoms with Crippen molar-refractivity contribution in [3.05, 3.63) is 100 Å². The number of para-hydroxylation sites is 1. The molecule has 3 aromatic carbocycles. The fraction of sp³-hybridized carbons (Fsp3) is 0.0435. The first-order chi connectivity index (χ1) is 12.7. The Kier molecular flexibility index (Phi) is 4.20. The van der Waals surface area contributed by atoms with E-state index in [-0.39, 0.29) is 5.56 Å². The van der Waals surface area contributed by atoms with Crippen LogP contribution in [0.3, 0.4) is 0 Å². The van der Waals surface area contributed by atoms with E-state index in [4.69, 9.17) is 4.98 Å². The van der Waals surface area contributed by atoms with E-state index in [9.17, 15) is 4.79 Å². The number of aromatic nitrogens is 2. The van der Waals surface area contributed by atoms with Crippen LogP contribution in [-0.4, -0.2) is 9.55 Å². The summed E-state index contributed by atoms with van der Waals surface area (Å²) < 4.78 is 1.62. The Morgan fingerprint density at radius 3 is 2.31 bits per heavy atom. The minimum absolute atomic E-state index is 0.0710. The average molecular weight is 338 g/mol.